The molecule has 8 heteroatoms. The van der Waals surface area contributed by atoms with E-state index in [1.54, 1.807) is 11.0 Å². The van der Waals surface area contributed by atoms with Crippen LogP contribution in [0.1, 0.15) is 34.1 Å². The number of aliphatic imine (C=N–C) groups is 1. The van der Waals surface area contributed by atoms with Gasteiger partial charge in [-0.25, -0.2) is 4.99 Å². The molecule has 1 amide bonds. The Kier molecular flexibility index (Phi) is 6.04. The van der Waals surface area contributed by atoms with Crippen molar-refractivity contribution < 1.29 is 19.1 Å². The normalized spacial score (nSPS) is 16.4. The van der Waals surface area contributed by atoms with Crippen LogP contribution in [0.4, 0.5) is 5.69 Å². The van der Waals surface area contributed by atoms with Gasteiger partial charge < -0.3 is 14.5 Å². The number of para-hydroxylation sites is 1. The van der Waals surface area contributed by atoms with E-state index in [9.17, 15) is 9.59 Å². The summed E-state index contributed by atoms with van der Waals surface area (Å²) >= 11 is 1.28. The van der Waals surface area contributed by atoms with E-state index in [2.05, 4.69) is 4.98 Å². The quantitative estimate of drug-likeness (QED) is 0.247. The number of hydrogen-bond acceptors (Lipinski definition) is 6. The molecule has 4 aromatic rings. The number of Topliss-reactive ketones (excluding diaryl/α,β-unsaturated/α-hetero) is 1. The number of nitrogens with zero attached hydrogens (tertiary/aromatic N) is 2. The Balaban J connectivity index is 1.35. The second-order valence-corrected chi connectivity index (χ2v) is 10.6. The lowest BCUT2D eigenvalue weighted by Gasteiger charge is -2.20. The highest BCUT2D eigenvalue weighted by molar-refractivity contribution is 8.15. The van der Waals surface area contributed by atoms with Crippen LogP contribution < -0.4 is 14.4 Å². The molecule has 0 fully saturated rings. The first-order valence-corrected chi connectivity index (χ1v) is 13.2. The first-order valence-electron chi connectivity index (χ1n) is 12.3. The lowest BCUT2D eigenvalue weighted by molar-refractivity contribution is -0.113. The van der Waals surface area contributed by atoms with Crippen molar-refractivity contribution in [2.45, 2.75) is 26.0 Å². The number of ether oxygens (including phenoxy) is 2. The third-order valence-corrected chi connectivity index (χ3v) is 7.67. The highest BCUT2D eigenvalue weighted by Gasteiger charge is 2.35. The van der Waals surface area contributed by atoms with Gasteiger partial charge in [0.05, 0.1) is 10.9 Å². The van der Waals surface area contributed by atoms with Crippen molar-refractivity contribution in [2.24, 2.45) is 4.99 Å². The van der Waals surface area contributed by atoms with E-state index in [1.807, 2.05) is 87.5 Å². The Morgan fingerprint density at radius 1 is 1.05 bits per heavy atom. The zero-order chi connectivity index (χ0) is 26.4. The molecule has 0 spiro atoms. The number of aryl methyl sites for hydroxylation is 2. The monoisotopic (exact) mass is 523 g/mol. The average Bonchev–Trinajstić information content (AvgIpc) is 3.59. The fourth-order valence-corrected chi connectivity index (χ4v) is 5.65. The highest BCUT2D eigenvalue weighted by Crippen LogP contribution is 2.36. The molecule has 1 N–H and O–H groups in total. The van der Waals surface area contributed by atoms with Crippen molar-refractivity contribution >= 4 is 51.3 Å². The third kappa shape index (κ3) is 4.26. The molecule has 0 aliphatic carbocycles. The SMILES string of the molecule is Cc1ccc(N2C(=O)/C(=C/c3ccc4c(c3)OCO4)N=C2SC(C)C(=O)c2c(C)[nH]c3ccccc23)cc1. The number of thioether (sulfide) groups is 1. The number of rotatable bonds is 5. The molecule has 1 aromatic heterocycles. The maximum absolute atomic E-state index is 13.6. The van der Waals surface area contributed by atoms with Gasteiger partial charge in [-0.2, -0.15) is 0 Å². The predicted molar refractivity (Wildman–Crippen MR) is 151 cm³/mol. The van der Waals surface area contributed by atoms with Gasteiger partial charge in [0.2, 0.25) is 6.79 Å². The van der Waals surface area contributed by atoms with Crippen molar-refractivity contribution in [2.75, 3.05) is 11.7 Å². The van der Waals surface area contributed by atoms with Gasteiger partial charge in [-0.05, 0) is 62.7 Å². The highest BCUT2D eigenvalue weighted by atomic mass is 32.2. The largest absolute Gasteiger partial charge is 0.454 e. The first kappa shape index (κ1) is 24.1. The molecule has 2 aliphatic rings. The van der Waals surface area contributed by atoms with Crippen LogP contribution >= 0.6 is 11.8 Å². The molecule has 190 valence electrons. The Morgan fingerprint density at radius 2 is 1.82 bits per heavy atom. The Hall–Kier alpha value is -4.30. The van der Waals surface area contributed by atoms with Gasteiger partial charge in [-0.15, -0.1) is 0 Å². The van der Waals surface area contributed by atoms with E-state index < -0.39 is 5.25 Å². The van der Waals surface area contributed by atoms with Gasteiger partial charge in [0, 0.05) is 22.2 Å². The van der Waals surface area contributed by atoms with Crippen LogP contribution in [0.5, 0.6) is 11.5 Å². The number of aromatic amines is 1. The second-order valence-electron chi connectivity index (χ2n) is 9.31. The zero-order valence-corrected chi connectivity index (χ0v) is 22.0. The number of amides is 1. The number of carbonyl (C=O) groups is 2. The van der Waals surface area contributed by atoms with Gasteiger partial charge in [-0.3, -0.25) is 14.5 Å². The maximum atomic E-state index is 13.6. The molecule has 38 heavy (non-hydrogen) atoms. The molecule has 7 nitrogen and oxygen atoms in total. The Labute approximate surface area is 224 Å². The molecule has 0 saturated heterocycles. The molecule has 2 aliphatic heterocycles. The number of aromatic nitrogens is 1. The molecule has 0 bridgehead atoms. The van der Waals surface area contributed by atoms with Crippen LogP contribution in [0.15, 0.2) is 77.4 Å². The topological polar surface area (TPSA) is 84.0 Å². The summed E-state index contributed by atoms with van der Waals surface area (Å²) in [5.41, 5.74) is 5.26. The van der Waals surface area contributed by atoms with Crippen LogP contribution in [0.25, 0.3) is 17.0 Å². The van der Waals surface area contributed by atoms with E-state index in [-0.39, 0.29) is 24.2 Å². The summed E-state index contributed by atoms with van der Waals surface area (Å²) < 4.78 is 10.9. The number of fused-ring (bicyclic) bond motifs is 2. The third-order valence-electron chi connectivity index (χ3n) is 6.61. The van der Waals surface area contributed by atoms with Crippen LogP contribution in [0.2, 0.25) is 0 Å². The minimum absolute atomic E-state index is 0.0165. The summed E-state index contributed by atoms with van der Waals surface area (Å²) in [6.07, 6.45) is 1.73. The molecule has 6 rings (SSSR count). The number of hydrogen-bond donors (Lipinski definition) is 1. The van der Waals surface area contributed by atoms with Crippen molar-refractivity contribution in [1.29, 1.82) is 0 Å². The van der Waals surface area contributed by atoms with Gasteiger partial charge in [0.15, 0.2) is 22.4 Å². The van der Waals surface area contributed by atoms with Crippen LogP contribution in [0, 0.1) is 13.8 Å². The number of carbonyl (C=O) groups excluding carboxylic acids is 2. The fraction of sp³-hybridized carbons (Fsp3) is 0.167. The summed E-state index contributed by atoms with van der Waals surface area (Å²) in [5.74, 6) is 1.03. The average molecular weight is 524 g/mol. The van der Waals surface area contributed by atoms with Crippen LogP contribution in [-0.2, 0) is 4.79 Å². The van der Waals surface area contributed by atoms with Gasteiger partial charge >= 0.3 is 0 Å². The Morgan fingerprint density at radius 3 is 2.63 bits per heavy atom. The van der Waals surface area contributed by atoms with Crippen molar-refractivity contribution in [1.82, 2.24) is 4.98 Å². The molecule has 1 unspecified atom stereocenters. The summed E-state index contributed by atoms with van der Waals surface area (Å²) in [5, 5.41) is 0.882. The number of ketones is 1. The second kappa shape index (κ2) is 9.54. The van der Waals surface area contributed by atoms with Crippen molar-refractivity contribution in [3.8, 4) is 11.5 Å². The summed E-state index contributed by atoms with van der Waals surface area (Å²) in [7, 11) is 0. The number of benzene rings is 3. The molecular formula is C30H25N3O4S. The summed E-state index contributed by atoms with van der Waals surface area (Å²) in [4.78, 5) is 36.9. The lowest BCUT2D eigenvalue weighted by atomic mass is 10.1. The van der Waals surface area contributed by atoms with Gasteiger partial charge in [-0.1, -0.05) is 53.7 Å². The van der Waals surface area contributed by atoms with Gasteiger partial charge in [0.1, 0.15) is 5.70 Å². The standard InChI is InChI=1S/C30H25N3O4S/c1-17-8-11-21(12-9-17)33-29(35)24(14-20-10-13-25-26(15-20)37-16-36-25)32-30(33)38-19(3)28(34)27-18(2)31-23-7-5-4-6-22(23)27/h4-15,19,31H,16H2,1-3H3/b24-14-. The number of anilines is 1. The van der Waals surface area contributed by atoms with Crippen LogP contribution in [-0.4, -0.2) is 33.9 Å². The van der Waals surface area contributed by atoms with E-state index in [1.165, 1.54) is 11.8 Å². The Bertz CT molecular complexity index is 1650. The van der Waals surface area contributed by atoms with Crippen molar-refractivity contribution in [3.05, 3.63) is 94.8 Å². The van der Waals surface area contributed by atoms with Gasteiger partial charge in [0.25, 0.3) is 5.91 Å². The van der Waals surface area contributed by atoms with Crippen LogP contribution in [0.3, 0.4) is 0 Å². The summed E-state index contributed by atoms with van der Waals surface area (Å²) in [6.45, 7) is 5.94. The molecule has 1 atom stereocenters. The number of amidine groups is 1. The maximum Gasteiger partial charge on any atom is 0.283 e. The zero-order valence-electron chi connectivity index (χ0n) is 21.1. The minimum atomic E-state index is -0.475. The van der Waals surface area contributed by atoms with Crippen molar-refractivity contribution in [3.63, 3.8) is 0 Å². The van der Waals surface area contributed by atoms with E-state index in [0.717, 1.165) is 27.7 Å². The molecule has 3 heterocycles. The lowest BCUT2D eigenvalue weighted by Crippen LogP contribution is -2.32. The fourth-order valence-electron chi connectivity index (χ4n) is 4.67. The summed E-state index contributed by atoms with van der Waals surface area (Å²) in [6, 6.07) is 21.0. The van der Waals surface area contributed by atoms with E-state index in [0.29, 0.717) is 27.9 Å². The van der Waals surface area contributed by atoms with E-state index >= 15 is 0 Å². The minimum Gasteiger partial charge on any atom is -0.454 e. The number of nitrogens with one attached hydrogen (secondary N) is 1. The smallest absolute Gasteiger partial charge is 0.283 e. The molecule has 0 radical (unpaired) electrons. The number of H-pyrrole nitrogens is 1. The first-order chi connectivity index (χ1) is 18.4. The molecule has 3 aromatic carbocycles. The predicted octanol–water partition coefficient (Wildman–Crippen LogP) is 6.26. The molecular weight excluding hydrogens is 498 g/mol. The van der Waals surface area contributed by atoms with E-state index in [4.69, 9.17) is 14.5 Å². The molecule has 0 saturated carbocycles.